The molecule has 3 nitrogen and oxygen atoms in total. The van der Waals surface area contributed by atoms with E-state index in [1.807, 2.05) is 25.1 Å². The predicted octanol–water partition coefficient (Wildman–Crippen LogP) is 2.65. The van der Waals surface area contributed by atoms with Crippen molar-refractivity contribution in [3.63, 3.8) is 0 Å². The molecule has 1 aromatic heterocycles. The van der Waals surface area contributed by atoms with Crippen LogP contribution in [-0.4, -0.2) is 17.4 Å². The average Bonchev–Trinajstić information content (AvgIpc) is 2.37. The minimum Gasteiger partial charge on any atom is -0.485 e. The third-order valence-corrected chi connectivity index (χ3v) is 2.33. The Hall–Kier alpha value is -2.16. The van der Waals surface area contributed by atoms with E-state index < -0.39 is 0 Å². The monoisotopic (exact) mass is 227 g/mol. The van der Waals surface area contributed by atoms with Crippen LogP contribution in [0.5, 0.6) is 5.75 Å². The fourth-order valence-corrected chi connectivity index (χ4v) is 1.47. The molecule has 1 aromatic carbocycles. The predicted molar refractivity (Wildman–Crippen MR) is 65.2 cm³/mol. The summed E-state index contributed by atoms with van der Waals surface area (Å²) in [7, 11) is 0. The molecule has 86 valence electrons. The van der Waals surface area contributed by atoms with E-state index in [1.165, 1.54) is 0 Å². The van der Waals surface area contributed by atoms with Crippen LogP contribution in [0.15, 0.2) is 48.7 Å². The number of ketones is 1. The molecule has 0 saturated heterocycles. The molecule has 0 fully saturated rings. The molecule has 3 heteroatoms. The maximum atomic E-state index is 11.8. The van der Waals surface area contributed by atoms with Crippen molar-refractivity contribution in [2.45, 2.75) is 6.92 Å². The second-order valence-corrected chi connectivity index (χ2v) is 3.71. The summed E-state index contributed by atoms with van der Waals surface area (Å²) in [4.78, 5) is 15.8. The van der Waals surface area contributed by atoms with E-state index >= 15 is 0 Å². The molecule has 0 aliphatic carbocycles. The Morgan fingerprint density at radius 3 is 2.71 bits per heavy atom. The SMILES string of the molecule is Cc1cc(OCC(=O)c2ccccc2)ccn1. The van der Waals surface area contributed by atoms with Gasteiger partial charge >= 0.3 is 0 Å². The largest absolute Gasteiger partial charge is 0.485 e. The van der Waals surface area contributed by atoms with Gasteiger partial charge in [-0.15, -0.1) is 0 Å². The van der Waals surface area contributed by atoms with E-state index in [9.17, 15) is 4.79 Å². The number of carbonyl (C=O) groups is 1. The Bertz CT molecular complexity index is 509. The summed E-state index contributed by atoms with van der Waals surface area (Å²) in [6.45, 7) is 1.93. The van der Waals surface area contributed by atoms with E-state index in [0.29, 0.717) is 11.3 Å². The molecule has 0 unspecified atom stereocenters. The minimum absolute atomic E-state index is 0.0277. The number of aryl methyl sites for hydroxylation is 1. The highest BCUT2D eigenvalue weighted by atomic mass is 16.5. The van der Waals surface area contributed by atoms with Crippen molar-refractivity contribution in [2.24, 2.45) is 0 Å². The lowest BCUT2D eigenvalue weighted by atomic mass is 10.1. The summed E-state index contributed by atoms with van der Waals surface area (Å²) in [6.07, 6.45) is 1.66. The molecule has 0 radical (unpaired) electrons. The molecule has 0 spiro atoms. The number of hydrogen-bond donors (Lipinski definition) is 0. The lowest BCUT2D eigenvalue weighted by molar-refractivity contribution is 0.0921. The lowest BCUT2D eigenvalue weighted by Crippen LogP contribution is -2.11. The highest BCUT2D eigenvalue weighted by molar-refractivity contribution is 5.97. The van der Waals surface area contributed by atoms with Crippen molar-refractivity contribution in [3.05, 3.63) is 59.9 Å². The van der Waals surface area contributed by atoms with Crippen LogP contribution in [-0.2, 0) is 0 Å². The first-order chi connectivity index (χ1) is 8.25. The summed E-state index contributed by atoms with van der Waals surface area (Å²) in [5.41, 5.74) is 1.54. The Kier molecular flexibility index (Phi) is 3.50. The number of hydrogen-bond acceptors (Lipinski definition) is 3. The number of pyridine rings is 1. The Morgan fingerprint density at radius 1 is 1.24 bits per heavy atom. The minimum atomic E-state index is -0.0277. The molecule has 0 bridgehead atoms. The van der Waals surface area contributed by atoms with Crippen LogP contribution < -0.4 is 4.74 Å². The third kappa shape index (κ3) is 3.14. The van der Waals surface area contributed by atoms with E-state index in [1.54, 1.807) is 30.5 Å². The molecular formula is C14H13NO2. The van der Waals surface area contributed by atoms with Gasteiger partial charge in [0.15, 0.2) is 12.4 Å². The van der Waals surface area contributed by atoms with Gasteiger partial charge in [0.25, 0.3) is 0 Å². The van der Waals surface area contributed by atoms with Gasteiger partial charge < -0.3 is 4.74 Å². The summed E-state index contributed by atoms with van der Waals surface area (Å²) in [5, 5.41) is 0. The van der Waals surface area contributed by atoms with Gasteiger partial charge in [-0.2, -0.15) is 0 Å². The first kappa shape index (κ1) is 11.3. The molecular weight excluding hydrogens is 214 g/mol. The standard InChI is InChI=1S/C14H13NO2/c1-11-9-13(7-8-15-11)17-10-14(16)12-5-3-2-4-6-12/h2-9H,10H2,1H3. The molecule has 0 amide bonds. The highest BCUT2D eigenvalue weighted by Crippen LogP contribution is 2.10. The summed E-state index contributed by atoms with van der Waals surface area (Å²) in [5.74, 6) is 0.641. The van der Waals surface area contributed by atoms with Crippen molar-refractivity contribution in [2.75, 3.05) is 6.61 Å². The molecule has 0 saturated carbocycles. The maximum absolute atomic E-state index is 11.8. The Labute approximate surface area is 100 Å². The number of nitrogens with zero attached hydrogens (tertiary/aromatic N) is 1. The molecule has 17 heavy (non-hydrogen) atoms. The van der Waals surface area contributed by atoms with Crippen molar-refractivity contribution < 1.29 is 9.53 Å². The van der Waals surface area contributed by atoms with Crippen LogP contribution in [0.4, 0.5) is 0 Å². The smallest absolute Gasteiger partial charge is 0.200 e. The quantitative estimate of drug-likeness (QED) is 0.754. The summed E-state index contributed by atoms with van der Waals surface area (Å²) >= 11 is 0. The van der Waals surface area contributed by atoms with Crippen molar-refractivity contribution in [1.29, 1.82) is 0 Å². The molecule has 2 aromatic rings. The lowest BCUT2D eigenvalue weighted by Gasteiger charge is -2.05. The number of benzene rings is 1. The number of ether oxygens (including phenoxy) is 1. The van der Waals surface area contributed by atoms with E-state index in [4.69, 9.17) is 4.74 Å². The van der Waals surface area contributed by atoms with Gasteiger partial charge in [0, 0.05) is 23.5 Å². The molecule has 0 aliphatic rings. The first-order valence-electron chi connectivity index (χ1n) is 5.39. The van der Waals surface area contributed by atoms with Gasteiger partial charge in [0.05, 0.1) is 0 Å². The number of Topliss-reactive ketones (excluding diaryl/α,β-unsaturated/α-hetero) is 1. The summed E-state index contributed by atoms with van der Waals surface area (Å²) in [6, 6.07) is 12.7. The first-order valence-corrected chi connectivity index (χ1v) is 5.39. The number of rotatable bonds is 4. The number of carbonyl (C=O) groups excluding carboxylic acids is 1. The molecule has 0 N–H and O–H groups in total. The van der Waals surface area contributed by atoms with Crippen molar-refractivity contribution in [3.8, 4) is 5.75 Å². The van der Waals surface area contributed by atoms with E-state index in [2.05, 4.69) is 4.98 Å². The van der Waals surface area contributed by atoms with Gasteiger partial charge in [-0.1, -0.05) is 30.3 Å². The highest BCUT2D eigenvalue weighted by Gasteiger charge is 2.05. The van der Waals surface area contributed by atoms with E-state index in [0.717, 1.165) is 5.69 Å². The zero-order valence-electron chi connectivity index (χ0n) is 9.59. The van der Waals surface area contributed by atoms with Crippen molar-refractivity contribution in [1.82, 2.24) is 4.98 Å². The molecule has 2 rings (SSSR count). The van der Waals surface area contributed by atoms with Crippen molar-refractivity contribution >= 4 is 5.78 Å². The van der Waals surface area contributed by atoms with Crippen LogP contribution >= 0.6 is 0 Å². The maximum Gasteiger partial charge on any atom is 0.200 e. The molecule has 1 heterocycles. The van der Waals surface area contributed by atoms with Crippen LogP contribution in [0.2, 0.25) is 0 Å². The zero-order valence-corrected chi connectivity index (χ0v) is 9.59. The van der Waals surface area contributed by atoms with Gasteiger partial charge in [0.1, 0.15) is 5.75 Å². The van der Waals surface area contributed by atoms with E-state index in [-0.39, 0.29) is 12.4 Å². The second kappa shape index (κ2) is 5.25. The van der Waals surface area contributed by atoms with Crippen LogP contribution in [0.1, 0.15) is 16.1 Å². The Balaban J connectivity index is 1.97. The van der Waals surface area contributed by atoms with Gasteiger partial charge in [0.2, 0.25) is 0 Å². The zero-order chi connectivity index (χ0) is 12.1. The summed E-state index contributed by atoms with van der Waals surface area (Å²) < 4.78 is 5.41. The second-order valence-electron chi connectivity index (χ2n) is 3.71. The fraction of sp³-hybridized carbons (Fsp3) is 0.143. The fourth-order valence-electron chi connectivity index (χ4n) is 1.47. The number of aromatic nitrogens is 1. The molecule has 0 atom stereocenters. The molecule has 0 aliphatic heterocycles. The van der Waals surface area contributed by atoms with Gasteiger partial charge in [-0.25, -0.2) is 0 Å². The normalized spacial score (nSPS) is 9.94. The van der Waals surface area contributed by atoms with Crippen LogP contribution in [0.25, 0.3) is 0 Å². The van der Waals surface area contributed by atoms with Crippen LogP contribution in [0, 0.1) is 6.92 Å². The Morgan fingerprint density at radius 2 is 2.00 bits per heavy atom. The van der Waals surface area contributed by atoms with Gasteiger partial charge in [-0.3, -0.25) is 9.78 Å². The van der Waals surface area contributed by atoms with Crippen LogP contribution in [0.3, 0.4) is 0 Å². The van der Waals surface area contributed by atoms with Gasteiger partial charge in [-0.05, 0) is 13.0 Å². The average molecular weight is 227 g/mol. The third-order valence-electron chi connectivity index (χ3n) is 2.33. The topological polar surface area (TPSA) is 39.2 Å².